The van der Waals surface area contributed by atoms with E-state index >= 15 is 0 Å². The van der Waals surface area contributed by atoms with Gasteiger partial charge in [-0.15, -0.1) is 0 Å². The van der Waals surface area contributed by atoms with Crippen LogP contribution in [0.15, 0.2) is 66.9 Å². The van der Waals surface area contributed by atoms with Gasteiger partial charge < -0.3 is 19.7 Å². The summed E-state index contributed by atoms with van der Waals surface area (Å²) in [6.07, 6.45) is 3.12. The van der Waals surface area contributed by atoms with Crippen molar-refractivity contribution in [1.82, 2.24) is 10.3 Å². The normalized spacial score (nSPS) is 13.2. The number of anilines is 1. The molecule has 0 radical (unpaired) electrons. The summed E-state index contributed by atoms with van der Waals surface area (Å²) in [5.74, 6) is 1.65. The Bertz CT molecular complexity index is 1080. The molecule has 1 N–H and O–H groups in total. The minimum absolute atomic E-state index is 0.128. The number of benzene rings is 2. The molecule has 1 aliphatic heterocycles. The third-order valence-electron chi connectivity index (χ3n) is 5.13. The van der Waals surface area contributed by atoms with Gasteiger partial charge in [0.2, 0.25) is 11.8 Å². The maximum Gasteiger partial charge on any atom is 0.251 e. The van der Waals surface area contributed by atoms with E-state index in [-0.39, 0.29) is 11.8 Å². The predicted molar refractivity (Wildman–Crippen MR) is 121 cm³/mol. The minimum Gasteiger partial charge on any atom is -0.490 e. The molecular formula is C25H25N3O4. The fourth-order valence-corrected chi connectivity index (χ4v) is 3.50. The van der Waals surface area contributed by atoms with Crippen molar-refractivity contribution in [2.45, 2.75) is 26.3 Å². The maximum atomic E-state index is 12.5. The van der Waals surface area contributed by atoms with Gasteiger partial charge in [-0.3, -0.25) is 9.59 Å². The van der Waals surface area contributed by atoms with Gasteiger partial charge in [0.15, 0.2) is 11.5 Å². The SMILES string of the molecule is CCOc1ccccc1Oc1ccc(CNC(=O)c2ccc(N3CCCC3=O)cc2)cn1. The summed E-state index contributed by atoms with van der Waals surface area (Å²) >= 11 is 0. The molecule has 0 bridgehead atoms. The molecule has 0 aliphatic carbocycles. The molecule has 32 heavy (non-hydrogen) atoms. The van der Waals surface area contributed by atoms with Gasteiger partial charge in [0.1, 0.15) is 0 Å². The lowest BCUT2D eigenvalue weighted by Gasteiger charge is -2.15. The van der Waals surface area contributed by atoms with Gasteiger partial charge in [-0.05, 0) is 55.3 Å². The Morgan fingerprint density at radius 2 is 1.84 bits per heavy atom. The second-order valence-corrected chi connectivity index (χ2v) is 7.36. The fourth-order valence-electron chi connectivity index (χ4n) is 3.50. The summed E-state index contributed by atoms with van der Waals surface area (Å²) in [7, 11) is 0. The van der Waals surface area contributed by atoms with Gasteiger partial charge in [0.05, 0.1) is 6.61 Å². The van der Waals surface area contributed by atoms with Crippen molar-refractivity contribution in [3.63, 3.8) is 0 Å². The van der Waals surface area contributed by atoms with Crippen LogP contribution in [-0.4, -0.2) is 29.9 Å². The van der Waals surface area contributed by atoms with Crippen molar-refractivity contribution < 1.29 is 19.1 Å². The van der Waals surface area contributed by atoms with Crippen LogP contribution in [-0.2, 0) is 11.3 Å². The highest BCUT2D eigenvalue weighted by Crippen LogP contribution is 2.30. The lowest BCUT2D eigenvalue weighted by molar-refractivity contribution is -0.117. The third kappa shape index (κ3) is 5.06. The summed E-state index contributed by atoms with van der Waals surface area (Å²) in [6, 6.07) is 18.1. The highest BCUT2D eigenvalue weighted by Gasteiger charge is 2.21. The standard InChI is InChI=1S/C25H25N3O4/c1-2-31-21-6-3-4-7-22(21)32-23-14-9-18(16-26-23)17-27-25(30)19-10-12-20(13-11-19)28-15-5-8-24(28)29/h3-4,6-7,9-14,16H,2,5,8,15,17H2,1H3,(H,27,30). The summed E-state index contributed by atoms with van der Waals surface area (Å²) in [5.41, 5.74) is 2.22. The molecule has 0 atom stereocenters. The van der Waals surface area contributed by atoms with E-state index in [0.717, 1.165) is 24.2 Å². The number of amides is 2. The molecule has 7 nitrogen and oxygen atoms in total. The van der Waals surface area contributed by atoms with Gasteiger partial charge in [0.25, 0.3) is 5.91 Å². The highest BCUT2D eigenvalue weighted by atomic mass is 16.5. The summed E-state index contributed by atoms with van der Waals surface area (Å²) < 4.78 is 11.4. The van der Waals surface area contributed by atoms with Crippen LogP contribution in [0.5, 0.6) is 17.4 Å². The Morgan fingerprint density at radius 1 is 1.06 bits per heavy atom. The van der Waals surface area contributed by atoms with Crippen molar-refractivity contribution in [3.05, 3.63) is 78.0 Å². The molecule has 164 valence electrons. The number of nitrogens with zero attached hydrogens (tertiary/aromatic N) is 2. The van der Waals surface area contributed by atoms with E-state index in [1.54, 1.807) is 29.3 Å². The van der Waals surface area contributed by atoms with Crippen LogP contribution in [0.1, 0.15) is 35.7 Å². The Labute approximate surface area is 187 Å². The molecule has 7 heteroatoms. The van der Waals surface area contributed by atoms with Gasteiger partial charge in [-0.2, -0.15) is 0 Å². The first-order valence-corrected chi connectivity index (χ1v) is 10.7. The number of pyridine rings is 1. The van der Waals surface area contributed by atoms with Gasteiger partial charge in [-0.25, -0.2) is 4.98 Å². The lowest BCUT2D eigenvalue weighted by atomic mass is 10.1. The van der Waals surface area contributed by atoms with Crippen LogP contribution in [0.4, 0.5) is 5.69 Å². The van der Waals surface area contributed by atoms with Gasteiger partial charge in [-0.1, -0.05) is 18.2 Å². The highest BCUT2D eigenvalue weighted by molar-refractivity contribution is 5.97. The quantitative estimate of drug-likeness (QED) is 0.574. The zero-order valence-electron chi connectivity index (χ0n) is 17.9. The Balaban J connectivity index is 1.32. The zero-order valence-corrected chi connectivity index (χ0v) is 17.9. The van der Waals surface area contributed by atoms with Crippen LogP contribution in [0.25, 0.3) is 0 Å². The van der Waals surface area contributed by atoms with E-state index in [0.29, 0.717) is 42.5 Å². The molecule has 0 unspecified atom stereocenters. The largest absolute Gasteiger partial charge is 0.490 e. The molecule has 1 saturated heterocycles. The second-order valence-electron chi connectivity index (χ2n) is 7.36. The predicted octanol–water partition coefficient (Wildman–Crippen LogP) is 4.33. The van der Waals surface area contributed by atoms with E-state index in [1.165, 1.54) is 0 Å². The molecule has 3 aromatic rings. The van der Waals surface area contributed by atoms with E-state index in [1.807, 2.05) is 49.4 Å². The number of nitrogens with one attached hydrogen (secondary N) is 1. The average Bonchev–Trinajstić information content (AvgIpc) is 3.26. The molecule has 0 saturated carbocycles. The first kappa shape index (κ1) is 21.4. The van der Waals surface area contributed by atoms with Crippen molar-refractivity contribution in [3.8, 4) is 17.4 Å². The summed E-state index contributed by atoms with van der Waals surface area (Å²) in [4.78, 5) is 30.4. The Kier molecular flexibility index (Phi) is 6.65. The molecule has 1 aromatic heterocycles. The van der Waals surface area contributed by atoms with E-state index in [9.17, 15) is 9.59 Å². The van der Waals surface area contributed by atoms with Gasteiger partial charge in [0, 0.05) is 43.0 Å². The Morgan fingerprint density at radius 3 is 2.50 bits per heavy atom. The van der Waals surface area contributed by atoms with Crippen LogP contribution >= 0.6 is 0 Å². The van der Waals surface area contributed by atoms with Crippen LogP contribution in [0.3, 0.4) is 0 Å². The number of carbonyl (C=O) groups excluding carboxylic acids is 2. The molecule has 2 aromatic carbocycles. The number of hydrogen-bond acceptors (Lipinski definition) is 5. The Hall–Kier alpha value is -3.87. The third-order valence-corrected chi connectivity index (χ3v) is 5.13. The van der Waals surface area contributed by atoms with Crippen molar-refractivity contribution >= 4 is 17.5 Å². The zero-order chi connectivity index (χ0) is 22.3. The number of para-hydroxylation sites is 2. The summed E-state index contributed by atoms with van der Waals surface area (Å²) in [5, 5.41) is 2.89. The number of aromatic nitrogens is 1. The first-order valence-electron chi connectivity index (χ1n) is 10.7. The molecule has 1 fully saturated rings. The van der Waals surface area contributed by atoms with Gasteiger partial charge >= 0.3 is 0 Å². The molecule has 4 rings (SSSR count). The van der Waals surface area contributed by atoms with Crippen LogP contribution in [0, 0.1) is 0 Å². The molecule has 2 heterocycles. The lowest BCUT2D eigenvalue weighted by Crippen LogP contribution is -2.25. The molecule has 1 aliphatic rings. The molecular weight excluding hydrogens is 406 g/mol. The second kappa shape index (κ2) is 9.96. The monoisotopic (exact) mass is 431 g/mol. The number of rotatable bonds is 8. The number of ether oxygens (including phenoxy) is 2. The fraction of sp³-hybridized carbons (Fsp3) is 0.240. The smallest absolute Gasteiger partial charge is 0.251 e. The van der Waals surface area contributed by atoms with E-state index in [2.05, 4.69) is 10.3 Å². The molecule has 0 spiro atoms. The first-order chi connectivity index (χ1) is 15.6. The maximum absolute atomic E-state index is 12.5. The van der Waals surface area contributed by atoms with E-state index < -0.39 is 0 Å². The topological polar surface area (TPSA) is 80.8 Å². The minimum atomic E-state index is -0.185. The number of hydrogen-bond donors (Lipinski definition) is 1. The van der Waals surface area contributed by atoms with Crippen LogP contribution < -0.4 is 19.7 Å². The number of carbonyl (C=O) groups is 2. The van der Waals surface area contributed by atoms with Crippen LogP contribution in [0.2, 0.25) is 0 Å². The van der Waals surface area contributed by atoms with E-state index in [4.69, 9.17) is 9.47 Å². The average molecular weight is 431 g/mol. The van der Waals surface area contributed by atoms with Crippen molar-refractivity contribution in [1.29, 1.82) is 0 Å². The van der Waals surface area contributed by atoms with Crippen molar-refractivity contribution in [2.24, 2.45) is 0 Å². The van der Waals surface area contributed by atoms with Crippen molar-refractivity contribution in [2.75, 3.05) is 18.1 Å². The molecule has 2 amide bonds. The summed E-state index contributed by atoms with van der Waals surface area (Å²) in [6.45, 7) is 3.54.